The third kappa shape index (κ3) is 8.74. The lowest BCUT2D eigenvalue weighted by Crippen LogP contribution is -1.98. The Hall–Kier alpha value is -8.48. The van der Waals surface area contributed by atoms with E-state index in [1.54, 1.807) is 0 Å². The van der Waals surface area contributed by atoms with Crippen molar-refractivity contribution in [3.63, 3.8) is 0 Å². The molecular formula is C57H46N6. The number of nitrogen functional groups attached to an aromatic ring is 3. The molecule has 7 N–H and O–H groups in total. The zero-order valence-electron chi connectivity index (χ0n) is 35.0. The maximum absolute atomic E-state index is 6.43. The van der Waals surface area contributed by atoms with Crippen LogP contribution in [0, 0.1) is 0 Å². The number of aromatic nitrogens is 2. The van der Waals surface area contributed by atoms with Gasteiger partial charge in [-0.15, -0.1) is 0 Å². The molecule has 0 spiro atoms. The van der Waals surface area contributed by atoms with Crippen LogP contribution in [0.15, 0.2) is 207 Å². The molecule has 0 amide bonds. The Balaban J connectivity index is 1.07. The molecular weight excluding hydrogens is 769 g/mol. The molecule has 6 heteroatoms. The topological polar surface area (TPSA) is 116 Å². The Kier molecular flexibility index (Phi) is 10.9. The summed E-state index contributed by atoms with van der Waals surface area (Å²) in [4.78, 5) is 10.2. The maximum atomic E-state index is 6.43. The number of nitrogens with zero attached hydrogens (tertiary/aromatic N) is 2. The van der Waals surface area contributed by atoms with E-state index < -0.39 is 0 Å². The van der Waals surface area contributed by atoms with Crippen molar-refractivity contribution >= 4 is 44.7 Å². The number of nitrogens with one attached hydrogen (secondary N) is 1. The van der Waals surface area contributed by atoms with Gasteiger partial charge < -0.3 is 22.5 Å². The molecule has 0 saturated heterocycles. The van der Waals surface area contributed by atoms with E-state index in [0.717, 1.165) is 106 Å². The molecule has 0 atom stereocenters. The van der Waals surface area contributed by atoms with Gasteiger partial charge in [-0.2, -0.15) is 0 Å². The average Bonchev–Trinajstić information content (AvgIpc) is 3.33. The summed E-state index contributed by atoms with van der Waals surface area (Å²) in [5.74, 6) is 0.524. The molecule has 6 nitrogen and oxygen atoms in total. The minimum Gasteiger partial charge on any atom is -0.399 e. The van der Waals surface area contributed by atoms with Gasteiger partial charge in [-0.1, -0.05) is 141 Å². The van der Waals surface area contributed by atoms with Crippen LogP contribution in [0.25, 0.3) is 88.9 Å². The minimum absolute atomic E-state index is 0.524. The van der Waals surface area contributed by atoms with Crippen molar-refractivity contribution in [3.8, 4) is 67.0 Å². The molecule has 8 aromatic carbocycles. The quantitative estimate of drug-likeness (QED) is 0.0763. The fourth-order valence-electron chi connectivity index (χ4n) is 7.87. The Labute approximate surface area is 368 Å². The summed E-state index contributed by atoms with van der Waals surface area (Å²) in [6.07, 6.45) is 3.94. The van der Waals surface area contributed by atoms with Crippen LogP contribution in [0.2, 0.25) is 0 Å². The van der Waals surface area contributed by atoms with Gasteiger partial charge in [0.2, 0.25) is 0 Å². The van der Waals surface area contributed by atoms with Crippen LogP contribution in [0.5, 0.6) is 0 Å². The molecule has 0 fully saturated rings. The number of hydrogen-bond acceptors (Lipinski definition) is 6. The van der Waals surface area contributed by atoms with Crippen LogP contribution in [0.1, 0.15) is 11.4 Å². The highest BCUT2D eigenvalue weighted by Gasteiger charge is 2.13. The molecule has 0 aliphatic heterocycles. The van der Waals surface area contributed by atoms with Gasteiger partial charge in [0.1, 0.15) is 0 Å². The minimum atomic E-state index is 0.524. The van der Waals surface area contributed by atoms with Crippen molar-refractivity contribution < 1.29 is 0 Å². The van der Waals surface area contributed by atoms with Gasteiger partial charge in [0.15, 0.2) is 5.82 Å². The lowest BCUT2D eigenvalue weighted by molar-refractivity contribution is 1.13. The number of hydrogen-bond donors (Lipinski definition) is 4. The average molecular weight is 815 g/mol. The number of anilines is 4. The van der Waals surface area contributed by atoms with Gasteiger partial charge in [0.05, 0.1) is 11.4 Å². The van der Waals surface area contributed by atoms with E-state index in [9.17, 15) is 0 Å². The number of nitrogens with two attached hydrogens (primary N) is 3. The zero-order valence-corrected chi connectivity index (χ0v) is 35.0. The molecule has 0 radical (unpaired) electrons. The Morgan fingerprint density at radius 3 is 1.37 bits per heavy atom. The first-order valence-electron chi connectivity index (χ1n) is 20.8. The maximum Gasteiger partial charge on any atom is 0.159 e. The number of allylic oxidation sites excluding steroid dienone is 4. The molecule has 63 heavy (non-hydrogen) atoms. The lowest BCUT2D eigenvalue weighted by atomic mass is 9.96. The van der Waals surface area contributed by atoms with Gasteiger partial charge in [-0.3, -0.25) is 0 Å². The van der Waals surface area contributed by atoms with Crippen molar-refractivity contribution in [1.82, 2.24) is 9.97 Å². The van der Waals surface area contributed by atoms with Crippen molar-refractivity contribution in [3.05, 3.63) is 219 Å². The summed E-state index contributed by atoms with van der Waals surface area (Å²) in [6.45, 7) is 8.86. The summed E-state index contributed by atoms with van der Waals surface area (Å²) in [7, 11) is 1.94. The van der Waals surface area contributed by atoms with E-state index in [4.69, 9.17) is 27.2 Å². The molecule has 0 saturated carbocycles. The highest BCUT2D eigenvalue weighted by atomic mass is 14.9. The van der Waals surface area contributed by atoms with Crippen molar-refractivity contribution in [1.29, 1.82) is 0 Å². The van der Waals surface area contributed by atoms with E-state index >= 15 is 0 Å². The van der Waals surface area contributed by atoms with Gasteiger partial charge >= 0.3 is 0 Å². The molecule has 0 aliphatic carbocycles. The van der Waals surface area contributed by atoms with Gasteiger partial charge in [0, 0.05) is 46.5 Å². The Morgan fingerprint density at radius 1 is 0.429 bits per heavy atom. The Bertz CT molecular complexity index is 3180. The van der Waals surface area contributed by atoms with Crippen molar-refractivity contribution in [2.45, 2.75) is 0 Å². The molecule has 9 aromatic rings. The predicted octanol–water partition coefficient (Wildman–Crippen LogP) is 13.7. The van der Waals surface area contributed by atoms with Crippen LogP contribution in [-0.4, -0.2) is 17.0 Å². The second-order valence-corrected chi connectivity index (χ2v) is 15.7. The van der Waals surface area contributed by atoms with E-state index in [2.05, 4.69) is 122 Å². The first-order chi connectivity index (χ1) is 30.7. The molecule has 1 aromatic heterocycles. The number of rotatable bonds is 11. The summed E-state index contributed by atoms with van der Waals surface area (Å²) in [5, 5.41) is 5.63. The van der Waals surface area contributed by atoms with Crippen LogP contribution < -0.4 is 22.5 Å². The third-order valence-corrected chi connectivity index (χ3v) is 11.3. The zero-order chi connectivity index (χ0) is 43.5. The summed E-state index contributed by atoms with van der Waals surface area (Å²) < 4.78 is 0. The lowest BCUT2D eigenvalue weighted by Gasteiger charge is -2.13. The van der Waals surface area contributed by atoms with Crippen LogP contribution in [0.4, 0.5) is 22.7 Å². The summed E-state index contributed by atoms with van der Waals surface area (Å²) in [5.41, 5.74) is 36.1. The normalized spacial score (nSPS) is 11.2. The van der Waals surface area contributed by atoms with Crippen molar-refractivity contribution in [2.24, 2.45) is 0 Å². The largest absolute Gasteiger partial charge is 0.399 e. The summed E-state index contributed by atoms with van der Waals surface area (Å²) in [6, 6.07) is 62.0. The van der Waals surface area contributed by atoms with Crippen LogP contribution >= 0.6 is 0 Å². The SMILES string of the molecule is C=C(/C=C\C(=C)c1cccc2ccccc12)c1nc(-c2ccc(-c3cc(N)cc(-c4ccc(N)cc4)c3)cc2)cc(-c2ccc(-c3cc(NC)cc(-c4ccc(N)cc4)c3)cc2)n1. The van der Waals surface area contributed by atoms with Gasteiger partial charge in [0.25, 0.3) is 0 Å². The number of fused-ring (bicyclic) bond motifs is 1. The molecule has 0 unspecified atom stereocenters. The molecule has 1 heterocycles. The first-order valence-corrected chi connectivity index (χ1v) is 20.8. The standard InChI is InChI=1S/C57H46N6/c1-36(53-10-6-8-42-7-4-5-9-54(42)53)11-12-37(2)57-62-55(43-17-13-38(14-18-43)45-29-46(32-51(60)31-45)40-21-25-49(58)26-22-40)35-56(63-57)44-19-15-39(16-20-44)47-30-48(34-52(33-47)61-3)41-23-27-50(59)28-24-41/h4-35,61H,1-2,58-60H2,3H3/b12-11-. The van der Waals surface area contributed by atoms with E-state index in [0.29, 0.717) is 17.1 Å². The van der Waals surface area contributed by atoms with Gasteiger partial charge in [-0.05, 0) is 133 Å². The second kappa shape index (κ2) is 17.2. The molecule has 0 aliphatic rings. The fraction of sp³-hybridized carbons (Fsp3) is 0.0175. The van der Waals surface area contributed by atoms with Gasteiger partial charge in [-0.25, -0.2) is 9.97 Å². The van der Waals surface area contributed by atoms with E-state index in [1.165, 1.54) is 0 Å². The smallest absolute Gasteiger partial charge is 0.159 e. The van der Waals surface area contributed by atoms with E-state index in [-0.39, 0.29) is 0 Å². The monoisotopic (exact) mass is 814 g/mol. The first kappa shape index (κ1) is 40.0. The molecule has 0 bridgehead atoms. The van der Waals surface area contributed by atoms with E-state index in [1.807, 2.05) is 98.1 Å². The number of benzene rings is 8. The highest BCUT2D eigenvalue weighted by Crippen LogP contribution is 2.35. The third-order valence-electron chi connectivity index (χ3n) is 11.3. The predicted molar refractivity (Wildman–Crippen MR) is 269 cm³/mol. The highest BCUT2D eigenvalue weighted by molar-refractivity contribution is 5.96. The Morgan fingerprint density at radius 2 is 0.857 bits per heavy atom. The van der Waals surface area contributed by atoms with Crippen LogP contribution in [-0.2, 0) is 0 Å². The fourth-order valence-corrected chi connectivity index (χ4v) is 7.87. The van der Waals surface area contributed by atoms with Crippen molar-refractivity contribution in [2.75, 3.05) is 29.6 Å². The molecule has 304 valence electrons. The second-order valence-electron chi connectivity index (χ2n) is 15.7. The summed E-state index contributed by atoms with van der Waals surface area (Å²) >= 11 is 0. The van der Waals surface area contributed by atoms with Crippen LogP contribution in [0.3, 0.4) is 0 Å². The molecule has 9 rings (SSSR count).